The van der Waals surface area contributed by atoms with Crippen LogP contribution in [0.3, 0.4) is 0 Å². The van der Waals surface area contributed by atoms with Crippen molar-refractivity contribution in [1.29, 1.82) is 0 Å². The molecule has 1 saturated carbocycles. The minimum Gasteiger partial charge on any atom is -0.366 e. The molecule has 4 N–H and O–H groups in total. The molecule has 82 valence electrons. The topological polar surface area (TPSA) is 96.7 Å². The van der Waals surface area contributed by atoms with E-state index in [2.05, 4.69) is 20.5 Å². The zero-order chi connectivity index (χ0) is 10.7. The van der Waals surface area contributed by atoms with Crippen molar-refractivity contribution >= 4 is 11.9 Å². The Morgan fingerprint density at radius 1 is 1.53 bits per heavy atom. The average molecular weight is 209 g/mol. The molecular formula is C9H15N5O. The summed E-state index contributed by atoms with van der Waals surface area (Å²) in [6, 6.07) is 0. The number of aromatic amines is 1. The van der Waals surface area contributed by atoms with E-state index in [1.165, 1.54) is 25.7 Å². The van der Waals surface area contributed by atoms with Gasteiger partial charge in [0, 0.05) is 6.54 Å². The van der Waals surface area contributed by atoms with Crippen LogP contribution in [0.1, 0.15) is 36.3 Å². The molecule has 1 aromatic heterocycles. The summed E-state index contributed by atoms with van der Waals surface area (Å²) in [5.74, 6) is 0.673. The van der Waals surface area contributed by atoms with Crippen LogP contribution in [0.5, 0.6) is 0 Å². The van der Waals surface area contributed by atoms with Crippen molar-refractivity contribution in [3.05, 3.63) is 5.82 Å². The first-order valence-corrected chi connectivity index (χ1v) is 5.22. The van der Waals surface area contributed by atoms with E-state index in [4.69, 9.17) is 5.73 Å². The van der Waals surface area contributed by atoms with Gasteiger partial charge in [0.2, 0.25) is 11.8 Å². The van der Waals surface area contributed by atoms with Crippen LogP contribution in [0.25, 0.3) is 0 Å². The van der Waals surface area contributed by atoms with Gasteiger partial charge in [-0.3, -0.25) is 9.89 Å². The molecule has 1 heterocycles. The zero-order valence-corrected chi connectivity index (χ0v) is 8.49. The van der Waals surface area contributed by atoms with Crippen molar-refractivity contribution in [3.63, 3.8) is 0 Å². The minimum absolute atomic E-state index is 0.0982. The number of rotatable bonds is 3. The van der Waals surface area contributed by atoms with Crippen LogP contribution < -0.4 is 11.1 Å². The second-order valence-electron chi connectivity index (χ2n) is 3.90. The number of nitrogens with two attached hydrogens (primary N) is 1. The number of amides is 1. The Morgan fingerprint density at radius 2 is 2.27 bits per heavy atom. The third kappa shape index (κ3) is 2.45. The van der Waals surface area contributed by atoms with Gasteiger partial charge in [0.15, 0.2) is 0 Å². The third-order valence-electron chi connectivity index (χ3n) is 2.74. The summed E-state index contributed by atoms with van der Waals surface area (Å²) in [7, 11) is 0. The maximum absolute atomic E-state index is 11.5. The van der Waals surface area contributed by atoms with E-state index >= 15 is 0 Å². The fourth-order valence-electron chi connectivity index (χ4n) is 1.91. The highest BCUT2D eigenvalue weighted by Gasteiger charge is 2.17. The molecule has 0 atom stereocenters. The Bertz CT molecular complexity index is 342. The largest absolute Gasteiger partial charge is 0.366 e. The second kappa shape index (κ2) is 4.29. The average Bonchev–Trinajstić information content (AvgIpc) is 2.84. The Kier molecular flexibility index (Phi) is 2.84. The summed E-state index contributed by atoms with van der Waals surface area (Å²) < 4.78 is 0. The molecular weight excluding hydrogens is 194 g/mol. The highest BCUT2D eigenvalue weighted by atomic mass is 16.2. The van der Waals surface area contributed by atoms with E-state index in [1.54, 1.807) is 0 Å². The number of hydrogen-bond donors (Lipinski definition) is 3. The van der Waals surface area contributed by atoms with Gasteiger partial charge >= 0.3 is 0 Å². The van der Waals surface area contributed by atoms with E-state index in [0.717, 1.165) is 6.54 Å². The standard InChI is InChI=1S/C9H15N5O/c10-9-12-7(13-14-9)8(15)11-5-6-3-1-2-4-6/h6H,1-5H2,(H,11,15)(H3,10,12,13,14). The summed E-state index contributed by atoms with van der Waals surface area (Å²) in [6.07, 6.45) is 4.96. The SMILES string of the molecule is Nc1n[nH]c(C(=O)NCC2CCCC2)n1. The smallest absolute Gasteiger partial charge is 0.288 e. The lowest BCUT2D eigenvalue weighted by molar-refractivity contribution is 0.0937. The van der Waals surface area contributed by atoms with Crippen LogP contribution in [0.15, 0.2) is 0 Å². The van der Waals surface area contributed by atoms with Crippen molar-refractivity contribution in [1.82, 2.24) is 20.5 Å². The fraction of sp³-hybridized carbons (Fsp3) is 0.667. The summed E-state index contributed by atoms with van der Waals surface area (Å²) in [5, 5.41) is 8.91. The van der Waals surface area contributed by atoms with Gasteiger partial charge in [-0.1, -0.05) is 12.8 Å². The zero-order valence-electron chi connectivity index (χ0n) is 8.49. The Hall–Kier alpha value is -1.59. The lowest BCUT2D eigenvalue weighted by Crippen LogP contribution is -2.29. The lowest BCUT2D eigenvalue weighted by atomic mass is 10.1. The molecule has 0 spiro atoms. The number of anilines is 1. The molecule has 0 saturated heterocycles. The number of aromatic nitrogens is 3. The number of nitrogens with one attached hydrogen (secondary N) is 2. The first-order valence-electron chi connectivity index (χ1n) is 5.22. The Labute approximate surface area is 87.6 Å². The molecule has 6 heteroatoms. The molecule has 1 aromatic rings. The van der Waals surface area contributed by atoms with E-state index in [-0.39, 0.29) is 17.7 Å². The first kappa shape index (κ1) is 9.95. The van der Waals surface area contributed by atoms with Gasteiger partial charge in [-0.05, 0) is 18.8 Å². The number of nitrogens with zero attached hydrogens (tertiary/aromatic N) is 2. The van der Waals surface area contributed by atoms with Gasteiger partial charge in [-0.15, -0.1) is 5.10 Å². The third-order valence-corrected chi connectivity index (χ3v) is 2.74. The van der Waals surface area contributed by atoms with Crippen LogP contribution in [0.4, 0.5) is 5.95 Å². The van der Waals surface area contributed by atoms with E-state index in [9.17, 15) is 4.79 Å². The Morgan fingerprint density at radius 3 is 2.87 bits per heavy atom. The van der Waals surface area contributed by atoms with E-state index < -0.39 is 0 Å². The highest BCUT2D eigenvalue weighted by Crippen LogP contribution is 2.23. The molecule has 2 rings (SSSR count). The molecule has 0 aromatic carbocycles. The molecule has 1 fully saturated rings. The molecule has 0 unspecified atom stereocenters. The van der Waals surface area contributed by atoms with Crippen molar-refractivity contribution < 1.29 is 4.79 Å². The van der Waals surface area contributed by atoms with Crippen molar-refractivity contribution in [2.24, 2.45) is 5.92 Å². The molecule has 0 radical (unpaired) electrons. The maximum Gasteiger partial charge on any atom is 0.288 e. The predicted octanol–water partition coefficient (Wildman–Crippen LogP) is 0.307. The van der Waals surface area contributed by atoms with Crippen LogP contribution in [0, 0.1) is 5.92 Å². The molecule has 0 bridgehead atoms. The minimum atomic E-state index is -0.230. The van der Waals surface area contributed by atoms with E-state index in [1.807, 2.05) is 0 Å². The van der Waals surface area contributed by atoms with E-state index in [0.29, 0.717) is 5.92 Å². The van der Waals surface area contributed by atoms with Gasteiger partial charge in [0.1, 0.15) is 0 Å². The van der Waals surface area contributed by atoms with Crippen LogP contribution in [-0.4, -0.2) is 27.6 Å². The molecule has 1 aliphatic rings. The summed E-state index contributed by atoms with van der Waals surface area (Å²) in [6.45, 7) is 0.722. The van der Waals surface area contributed by atoms with Crippen LogP contribution in [0.2, 0.25) is 0 Å². The number of H-pyrrole nitrogens is 1. The van der Waals surface area contributed by atoms with Gasteiger partial charge < -0.3 is 11.1 Å². The molecule has 1 amide bonds. The lowest BCUT2D eigenvalue weighted by Gasteiger charge is -2.08. The van der Waals surface area contributed by atoms with Crippen molar-refractivity contribution in [2.45, 2.75) is 25.7 Å². The molecule has 0 aliphatic heterocycles. The van der Waals surface area contributed by atoms with Crippen molar-refractivity contribution in [2.75, 3.05) is 12.3 Å². The number of carbonyl (C=O) groups is 1. The number of nitrogen functional groups attached to an aromatic ring is 1. The van der Waals surface area contributed by atoms with Crippen molar-refractivity contribution in [3.8, 4) is 0 Å². The normalized spacial score (nSPS) is 16.8. The highest BCUT2D eigenvalue weighted by molar-refractivity contribution is 5.90. The maximum atomic E-state index is 11.5. The summed E-state index contributed by atoms with van der Waals surface area (Å²) in [4.78, 5) is 15.3. The summed E-state index contributed by atoms with van der Waals surface area (Å²) >= 11 is 0. The Balaban J connectivity index is 1.81. The molecule has 6 nitrogen and oxygen atoms in total. The van der Waals surface area contributed by atoms with Crippen LogP contribution >= 0.6 is 0 Å². The molecule has 15 heavy (non-hydrogen) atoms. The van der Waals surface area contributed by atoms with Gasteiger partial charge in [-0.25, -0.2) is 0 Å². The number of hydrogen-bond acceptors (Lipinski definition) is 4. The first-order chi connectivity index (χ1) is 7.25. The molecule has 1 aliphatic carbocycles. The van der Waals surface area contributed by atoms with Gasteiger partial charge in [0.25, 0.3) is 5.91 Å². The van der Waals surface area contributed by atoms with Crippen LogP contribution in [-0.2, 0) is 0 Å². The quantitative estimate of drug-likeness (QED) is 0.667. The number of carbonyl (C=O) groups excluding carboxylic acids is 1. The fourth-order valence-corrected chi connectivity index (χ4v) is 1.91. The summed E-state index contributed by atoms with van der Waals surface area (Å²) in [5.41, 5.74) is 5.30. The second-order valence-corrected chi connectivity index (χ2v) is 3.90. The van der Waals surface area contributed by atoms with Gasteiger partial charge in [-0.2, -0.15) is 4.98 Å². The predicted molar refractivity (Wildman–Crippen MR) is 55.1 cm³/mol. The monoisotopic (exact) mass is 209 g/mol. The van der Waals surface area contributed by atoms with Gasteiger partial charge in [0.05, 0.1) is 0 Å².